The van der Waals surface area contributed by atoms with Gasteiger partial charge in [-0.15, -0.1) is 0 Å². The first-order valence-electron chi connectivity index (χ1n) is 6.32. The van der Waals surface area contributed by atoms with Crippen LogP contribution in [0.5, 0.6) is 11.5 Å². The Morgan fingerprint density at radius 1 is 1.00 bits per heavy atom. The Morgan fingerprint density at radius 3 is 1.91 bits per heavy atom. The maximum atomic E-state index is 12.4. The summed E-state index contributed by atoms with van der Waals surface area (Å²) in [6, 6.07) is 10.7. The molecular formula is C16H14O5S. The first-order chi connectivity index (χ1) is 10.3. The average Bonchev–Trinajstić information content (AvgIpc) is 2.48. The quantitative estimate of drug-likeness (QED) is 0.532. The van der Waals surface area contributed by atoms with E-state index in [2.05, 4.69) is 6.58 Å². The summed E-state index contributed by atoms with van der Waals surface area (Å²) in [7, 11) is -3.69. The molecule has 0 spiro atoms. The van der Waals surface area contributed by atoms with Gasteiger partial charge in [0.05, 0.1) is 9.79 Å². The molecule has 0 fully saturated rings. The summed E-state index contributed by atoms with van der Waals surface area (Å²) in [5, 5.41) is 9.21. The molecule has 0 saturated carbocycles. The SMILES string of the molecule is C=C(C)C(=O)Oc1ccc(S(=O)(=O)c2ccc(O)cc2)cc1. The number of hydrogen-bond acceptors (Lipinski definition) is 5. The second-order valence-electron chi connectivity index (χ2n) is 4.64. The lowest BCUT2D eigenvalue weighted by Gasteiger charge is -2.07. The van der Waals surface area contributed by atoms with E-state index in [1.807, 2.05) is 0 Å². The standard InChI is InChI=1S/C16H14O5S/c1-11(2)16(18)21-13-5-9-15(10-6-13)22(19,20)14-7-3-12(17)4-8-14/h3-10,17H,1H2,2H3. The zero-order valence-electron chi connectivity index (χ0n) is 11.8. The minimum absolute atomic E-state index is 0.0130. The summed E-state index contributed by atoms with van der Waals surface area (Å²) < 4.78 is 29.8. The molecule has 0 radical (unpaired) electrons. The van der Waals surface area contributed by atoms with Gasteiger partial charge in [-0.2, -0.15) is 0 Å². The van der Waals surface area contributed by atoms with Gasteiger partial charge < -0.3 is 9.84 Å². The van der Waals surface area contributed by atoms with Crippen LogP contribution in [-0.4, -0.2) is 19.5 Å². The second kappa shape index (κ2) is 6.03. The van der Waals surface area contributed by atoms with Crippen LogP contribution < -0.4 is 4.74 Å². The number of benzene rings is 2. The molecule has 0 amide bonds. The number of sulfone groups is 1. The predicted octanol–water partition coefficient (Wildman–Crippen LogP) is 2.71. The van der Waals surface area contributed by atoms with E-state index >= 15 is 0 Å². The van der Waals surface area contributed by atoms with Gasteiger partial charge in [0.2, 0.25) is 9.84 Å². The minimum Gasteiger partial charge on any atom is -0.508 e. The Balaban J connectivity index is 2.28. The highest BCUT2D eigenvalue weighted by Gasteiger charge is 2.17. The van der Waals surface area contributed by atoms with Crippen molar-refractivity contribution in [2.24, 2.45) is 0 Å². The summed E-state index contributed by atoms with van der Waals surface area (Å²) >= 11 is 0. The van der Waals surface area contributed by atoms with E-state index in [-0.39, 0.29) is 26.9 Å². The van der Waals surface area contributed by atoms with Gasteiger partial charge >= 0.3 is 5.97 Å². The van der Waals surface area contributed by atoms with Crippen molar-refractivity contribution in [3.8, 4) is 11.5 Å². The van der Waals surface area contributed by atoms with Gasteiger partial charge in [0.15, 0.2) is 0 Å². The van der Waals surface area contributed by atoms with Crippen LogP contribution in [0.1, 0.15) is 6.92 Å². The van der Waals surface area contributed by atoms with Gasteiger partial charge in [0.1, 0.15) is 11.5 Å². The number of carbonyl (C=O) groups is 1. The highest BCUT2D eigenvalue weighted by atomic mass is 32.2. The monoisotopic (exact) mass is 318 g/mol. The van der Waals surface area contributed by atoms with Crippen LogP contribution in [0.25, 0.3) is 0 Å². The van der Waals surface area contributed by atoms with E-state index in [9.17, 15) is 18.3 Å². The molecule has 0 atom stereocenters. The van der Waals surface area contributed by atoms with Crippen LogP contribution in [0.3, 0.4) is 0 Å². The van der Waals surface area contributed by atoms with Crippen molar-refractivity contribution in [3.05, 3.63) is 60.7 Å². The van der Waals surface area contributed by atoms with Crippen molar-refractivity contribution in [1.29, 1.82) is 0 Å². The van der Waals surface area contributed by atoms with E-state index in [0.29, 0.717) is 0 Å². The van der Waals surface area contributed by atoms with Crippen LogP contribution in [0, 0.1) is 0 Å². The van der Waals surface area contributed by atoms with Crippen LogP contribution in [-0.2, 0) is 14.6 Å². The Morgan fingerprint density at radius 2 is 1.45 bits per heavy atom. The second-order valence-corrected chi connectivity index (χ2v) is 6.59. The first kappa shape index (κ1) is 15.8. The van der Waals surface area contributed by atoms with Crippen molar-refractivity contribution in [2.45, 2.75) is 16.7 Å². The maximum Gasteiger partial charge on any atom is 0.338 e. The number of hydrogen-bond donors (Lipinski definition) is 1. The molecule has 0 saturated heterocycles. The lowest BCUT2D eigenvalue weighted by atomic mass is 10.3. The Hall–Kier alpha value is -2.60. The third kappa shape index (κ3) is 3.35. The third-order valence-electron chi connectivity index (χ3n) is 2.84. The van der Waals surface area contributed by atoms with E-state index < -0.39 is 15.8 Å². The van der Waals surface area contributed by atoms with Gasteiger partial charge in [-0.3, -0.25) is 0 Å². The summed E-state index contributed by atoms with van der Waals surface area (Å²) in [6.07, 6.45) is 0. The van der Waals surface area contributed by atoms with Crippen molar-refractivity contribution >= 4 is 15.8 Å². The van der Waals surface area contributed by atoms with E-state index in [1.54, 1.807) is 0 Å². The molecule has 0 aliphatic carbocycles. The molecule has 6 heteroatoms. The Labute approximate surface area is 128 Å². The molecule has 22 heavy (non-hydrogen) atoms. The van der Waals surface area contributed by atoms with E-state index in [4.69, 9.17) is 4.74 Å². The van der Waals surface area contributed by atoms with Gasteiger partial charge in [0, 0.05) is 5.57 Å². The molecule has 2 aromatic rings. The number of ether oxygens (including phenoxy) is 1. The summed E-state index contributed by atoms with van der Waals surface area (Å²) in [4.78, 5) is 11.5. The van der Waals surface area contributed by atoms with Crippen LogP contribution in [0.4, 0.5) is 0 Å². The lowest BCUT2D eigenvalue weighted by Crippen LogP contribution is -2.08. The van der Waals surface area contributed by atoms with Crippen LogP contribution in [0.2, 0.25) is 0 Å². The summed E-state index contributed by atoms with van der Waals surface area (Å²) in [6.45, 7) is 4.98. The fourth-order valence-electron chi connectivity index (χ4n) is 1.64. The fourth-order valence-corrected chi connectivity index (χ4v) is 2.90. The molecule has 0 aromatic heterocycles. The van der Waals surface area contributed by atoms with E-state index in [1.165, 1.54) is 55.5 Å². The molecule has 114 valence electrons. The molecule has 0 aliphatic heterocycles. The van der Waals surface area contributed by atoms with Gasteiger partial charge in [-0.1, -0.05) is 6.58 Å². The molecule has 0 unspecified atom stereocenters. The summed E-state index contributed by atoms with van der Waals surface area (Å²) in [5.41, 5.74) is 0.251. The lowest BCUT2D eigenvalue weighted by molar-refractivity contribution is -0.130. The summed E-state index contributed by atoms with van der Waals surface area (Å²) in [5.74, 6) is -0.354. The third-order valence-corrected chi connectivity index (χ3v) is 4.63. The zero-order valence-corrected chi connectivity index (χ0v) is 12.6. The predicted molar refractivity (Wildman–Crippen MR) is 80.4 cm³/mol. The van der Waals surface area contributed by atoms with Crippen molar-refractivity contribution in [2.75, 3.05) is 0 Å². The number of aromatic hydroxyl groups is 1. The molecule has 2 rings (SSSR count). The molecule has 0 bridgehead atoms. The number of phenolic OH excluding ortho intramolecular Hbond substituents is 1. The Kier molecular flexibility index (Phi) is 4.32. The van der Waals surface area contributed by atoms with Gasteiger partial charge in [-0.05, 0) is 55.5 Å². The van der Waals surface area contributed by atoms with E-state index in [0.717, 1.165) is 0 Å². The van der Waals surface area contributed by atoms with Crippen molar-refractivity contribution in [1.82, 2.24) is 0 Å². The molecule has 5 nitrogen and oxygen atoms in total. The first-order valence-corrected chi connectivity index (χ1v) is 7.81. The topological polar surface area (TPSA) is 80.7 Å². The maximum absolute atomic E-state index is 12.4. The highest BCUT2D eigenvalue weighted by molar-refractivity contribution is 7.91. The molecule has 2 aromatic carbocycles. The average molecular weight is 318 g/mol. The number of carbonyl (C=O) groups excluding carboxylic acids is 1. The molecule has 0 heterocycles. The largest absolute Gasteiger partial charge is 0.508 e. The Bertz CT molecular complexity index is 803. The number of esters is 1. The zero-order chi connectivity index (χ0) is 16.3. The molecule has 0 aliphatic rings. The van der Waals surface area contributed by atoms with Gasteiger partial charge in [-0.25, -0.2) is 13.2 Å². The molecular weight excluding hydrogens is 304 g/mol. The highest BCUT2D eigenvalue weighted by Crippen LogP contribution is 2.24. The van der Waals surface area contributed by atoms with Crippen LogP contribution in [0.15, 0.2) is 70.5 Å². The van der Waals surface area contributed by atoms with Crippen molar-refractivity contribution < 1.29 is 23.1 Å². The number of rotatable bonds is 4. The van der Waals surface area contributed by atoms with Gasteiger partial charge in [0.25, 0.3) is 0 Å². The van der Waals surface area contributed by atoms with Crippen molar-refractivity contribution in [3.63, 3.8) is 0 Å². The normalized spacial score (nSPS) is 11.0. The fraction of sp³-hybridized carbons (Fsp3) is 0.0625. The number of phenols is 1. The smallest absolute Gasteiger partial charge is 0.338 e. The van der Waals surface area contributed by atoms with Crippen LogP contribution >= 0.6 is 0 Å². The molecule has 1 N–H and O–H groups in total. The minimum atomic E-state index is -3.69.